The van der Waals surface area contributed by atoms with Crippen molar-refractivity contribution in [3.05, 3.63) is 54.6 Å². The van der Waals surface area contributed by atoms with Gasteiger partial charge in [-0.05, 0) is 49.8 Å². The zero-order valence-corrected chi connectivity index (χ0v) is 26.5. The molecule has 3 unspecified atom stereocenters. The highest BCUT2D eigenvalue weighted by Crippen LogP contribution is 2.61. The summed E-state index contributed by atoms with van der Waals surface area (Å²) in [4.78, 5) is 48.2. The first kappa shape index (κ1) is 31.4. The molecular weight excluding hydrogens is 586 g/mol. The van der Waals surface area contributed by atoms with E-state index in [0.29, 0.717) is 19.5 Å². The minimum atomic E-state index is -1.21. The Morgan fingerprint density at radius 3 is 2.49 bits per heavy atom. The van der Waals surface area contributed by atoms with Crippen molar-refractivity contribution in [2.24, 2.45) is 17.8 Å². The summed E-state index contributed by atoms with van der Waals surface area (Å²) in [7, 11) is 0. The summed E-state index contributed by atoms with van der Waals surface area (Å²) in [6.45, 7) is 18.3. The van der Waals surface area contributed by atoms with Crippen LogP contribution in [0.1, 0.15) is 44.7 Å². The molecular formula is C32H44BrN3O5. The molecule has 0 saturated carbocycles. The van der Waals surface area contributed by atoms with E-state index < -0.39 is 35.6 Å². The van der Waals surface area contributed by atoms with Gasteiger partial charge in [0.2, 0.25) is 11.8 Å². The first-order valence-electron chi connectivity index (χ1n) is 14.6. The van der Waals surface area contributed by atoms with Gasteiger partial charge in [-0.15, -0.1) is 13.2 Å². The second-order valence-corrected chi connectivity index (χ2v) is 13.2. The molecule has 1 spiro atoms. The maximum atomic E-state index is 14.8. The number of carbonyl (C=O) groups excluding carboxylic acids is 3. The summed E-state index contributed by atoms with van der Waals surface area (Å²) in [5, 5.41) is 10.5. The van der Waals surface area contributed by atoms with Crippen LogP contribution in [0, 0.1) is 31.6 Å². The summed E-state index contributed by atoms with van der Waals surface area (Å²) in [6.07, 6.45) is 3.99. The monoisotopic (exact) mass is 629 g/mol. The number of alkyl halides is 1. The predicted molar refractivity (Wildman–Crippen MR) is 164 cm³/mol. The molecule has 3 fully saturated rings. The molecule has 3 saturated heterocycles. The third-order valence-electron chi connectivity index (χ3n) is 8.95. The molecule has 1 aromatic carbocycles. The lowest BCUT2D eigenvalue weighted by Gasteiger charge is -2.40. The molecule has 0 radical (unpaired) electrons. The van der Waals surface area contributed by atoms with Gasteiger partial charge < -0.3 is 24.5 Å². The first-order valence-corrected chi connectivity index (χ1v) is 15.5. The highest BCUT2D eigenvalue weighted by atomic mass is 79.9. The lowest BCUT2D eigenvalue weighted by atomic mass is 9.70. The Morgan fingerprint density at radius 2 is 1.90 bits per heavy atom. The van der Waals surface area contributed by atoms with E-state index in [2.05, 4.69) is 29.1 Å². The number of nitrogens with zero attached hydrogens (tertiary/aromatic N) is 3. The summed E-state index contributed by atoms with van der Waals surface area (Å²) in [5.74, 6) is -2.45. The topological polar surface area (TPSA) is 90.4 Å². The molecule has 0 aliphatic carbocycles. The van der Waals surface area contributed by atoms with Crippen molar-refractivity contribution >= 4 is 39.3 Å². The third-order valence-corrected chi connectivity index (χ3v) is 9.79. The van der Waals surface area contributed by atoms with E-state index in [1.54, 1.807) is 26.9 Å². The van der Waals surface area contributed by atoms with Crippen molar-refractivity contribution in [2.75, 3.05) is 31.1 Å². The number of likely N-dealkylation sites (tertiary alicyclic amines) is 1. The Labute approximate surface area is 252 Å². The van der Waals surface area contributed by atoms with Gasteiger partial charge in [0.05, 0.1) is 30.6 Å². The quantitative estimate of drug-likeness (QED) is 0.279. The fraction of sp³-hybridized carbons (Fsp3) is 0.594. The van der Waals surface area contributed by atoms with Gasteiger partial charge in [-0.3, -0.25) is 14.4 Å². The third kappa shape index (κ3) is 5.19. The van der Waals surface area contributed by atoms with Crippen LogP contribution in [0.2, 0.25) is 0 Å². The van der Waals surface area contributed by atoms with E-state index in [-0.39, 0.29) is 41.6 Å². The zero-order chi connectivity index (χ0) is 30.2. The Hall–Kier alpha value is -2.49. The van der Waals surface area contributed by atoms with Crippen LogP contribution >= 0.6 is 15.9 Å². The number of anilines is 1. The average Bonchev–Trinajstić information content (AvgIpc) is 3.52. The van der Waals surface area contributed by atoms with Gasteiger partial charge in [-0.25, -0.2) is 0 Å². The molecule has 7 atom stereocenters. The van der Waals surface area contributed by atoms with Gasteiger partial charge >= 0.3 is 0 Å². The SMILES string of the molecule is C=CCN(CCC)C(=O)[C@H]1[C@H]2C(=O)N([C@@H](CO)C(C)C)C(C(=O)N(CC=C)c3cc(C)ccc3C)C23CC(Br)[C@@H]1O3. The summed E-state index contributed by atoms with van der Waals surface area (Å²) >= 11 is 3.76. The number of amides is 3. The smallest absolute Gasteiger partial charge is 0.253 e. The number of aliphatic hydroxyl groups excluding tert-OH is 1. The highest BCUT2D eigenvalue weighted by molar-refractivity contribution is 9.09. The number of fused-ring (bicyclic) bond motifs is 1. The Bertz CT molecular complexity index is 1200. The number of ether oxygens (including phenoxy) is 1. The molecule has 3 aliphatic rings. The summed E-state index contributed by atoms with van der Waals surface area (Å²) in [6, 6.07) is 4.30. The molecule has 224 valence electrons. The first-order chi connectivity index (χ1) is 19.5. The lowest BCUT2D eigenvalue weighted by molar-refractivity contribution is -0.148. The number of hydrogen-bond donors (Lipinski definition) is 1. The number of aryl methyl sites for hydroxylation is 2. The van der Waals surface area contributed by atoms with Crippen molar-refractivity contribution in [3.8, 4) is 0 Å². The van der Waals surface area contributed by atoms with Crippen molar-refractivity contribution in [1.29, 1.82) is 0 Å². The maximum absolute atomic E-state index is 14.8. The molecule has 3 amide bonds. The van der Waals surface area contributed by atoms with E-state index in [1.165, 1.54) is 0 Å². The van der Waals surface area contributed by atoms with E-state index >= 15 is 0 Å². The number of carbonyl (C=O) groups is 3. The molecule has 3 aliphatic heterocycles. The van der Waals surface area contributed by atoms with Crippen molar-refractivity contribution in [1.82, 2.24) is 9.80 Å². The molecule has 0 aromatic heterocycles. The number of rotatable bonds is 12. The van der Waals surface area contributed by atoms with Crippen LogP contribution in [-0.2, 0) is 19.1 Å². The Kier molecular flexibility index (Phi) is 9.51. The Morgan fingerprint density at radius 1 is 1.22 bits per heavy atom. The summed E-state index contributed by atoms with van der Waals surface area (Å²) < 4.78 is 6.73. The fourth-order valence-electron chi connectivity index (χ4n) is 7.13. The van der Waals surface area contributed by atoms with Crippen molar-refractivity contribution in [2.45, 2.75) is 76.1 Å². The van der Waals surface area contributed by atoms with Gasteiger partial charge in [-0.2, -0.15) is 0 Å². The number of hydrogen-bond acceptors (Lipinski definition) is 5. The van der Waals surface area contributed by atoms with Gasteiger partial charge in [0.25, 0.3) is 5.91 Å². The normalized spacial score (nSPS) is 29.0. The lowest BCUT2D eigenvalue weighted by Crippen LogP contribution is -2.60. The van der Waals surface area contributed by atoms with Gasteiger partial charge in [-0.1, -0.05) is 61.0 Å². The summed E-state index contributed by atoms with van der Waals surface area (Å²) in [5.41, 5.74) is 1.45. The Balaban J connectivity index is 1.88. The largest absolute Gasteiger partial charge is 0.394 e. The fourth-order valence-corrected chi connectivity index (χ4v) is 8.07. The molecule has 9 heteroatoms. The molecule has 41 heavy (non-hydrogen) atoms. The van der Waals surface area contributed by atoms with Crippen LogP contribution in [0.25, 0.3) is 0 Å². The number of aliphatic hydroxyl groups is 1. The van der Waals surface area contributed by atoms with E-state index in [0.717, 1.165) is 23.2 Å². The second-order valence-electron chi connectivity index (χ2n) is 12.0. The molecule has 4 rings (SSSR count). The van der Waals surface area contributed by atoms with Gasteiger partial charge in [0.1, 0.15) is 11.6 Å². The highest BCUT2D eigenvalue weighted by Gasteiger charge is 2.77. The standard InChI is InChI=1S/C32H44BrN3O5/c1-8-13-34(14-9-2)29(38)25-26-30(39)36(24(18-37)19(4)5)28(32(26)17-22(33)27(25)41-32)31(40)35(15-10-3)23-16-20(6)11-12-21(23)7/h8,10-12,16,19,22,24-28,37H,1,3,9,13-15,17-18H2,2,4-7H3/t22?,24-,25-,26-,27-,28?,32?/m0/s1. The molecule has 8 nitrogen and oxygen atoms in total. The van der Waals surface area contributed by atoms with Gasteiger partial charge in [0, 0.05) is 30.1 Å². The van der Waals surface area contributed by atoms with Crippen LogP contribution in [-0.4, -0.2) is 87.5 Å². The van der Waals surface area contributed by atoms with E-state index in [9.17, 15) is 19.5 Å². The van der Waals surface area contributed by atoms with Gasteiger partial charge in [0.15, 0.2) is 0 Å². The molecule has 2 bridgehead atoms. The molecule has 3 heterocycles. The van der Waals surface area contributed by atoms with E-state index in [1.807, 2.05) is 52.8 Å². The molecule has 1 N–H and O–H groups in total. The van der Waals surface area contributed by atoms with Crippen molar-refractivity contribution < 1.29 is 24.2 Å². The minimum Gasteiger partial charge on any atom is -0.394 e. The van der Waals surface area contributed by atoms with Crippen molar-refractivity contribution in [3.63, 3.8) is 0 Å². The average molecular weight is 631 g/mol. The number of halogens is 1. The number of benzene rings is 1. The van der Waals surface area contributed by atoms with Crippen LogP contribution in [0.5, 0.6) is 0 Å². The molecule has 1 aromatic rings. The second kappa shape index (κ2) is 12.4. The maximum Gasteiger partial charge on any atom is 0.253 e. The minimum absolute atomic E-state index is 0.133. The van der Waals surface area contributed by atoms with Crippen LogP contribution < -0.4 is 4.90 Å². The van der Waals surface area contributed by atoms with Crippen LogP contribution in [0.4, 0.5) is 5.69 Å². The van der Waals surface area contributed by atoms with Crippen LogP contribution in [0.3, 0.4) is 0 Å². The predicted octanol–water partition coefficient (Wildman–Crippen LogP) is 4.01. The van der Waals surface area contributed by atoms with E-state index in [4.69, 9.17) is 4.74 Å². The zero-order valence-electron chi connectivity index (χ0n) is 24.9. The van der Waals surface area contributed by atoms with Crippen LogP contribution in [0.15, 0.2) is 43.5 Å².